The fourth-order valence-electron chi connectivity index (χ4n) is 6.22. The molecule has 0 radical (unpaired) electrons. The molecule has 4 atom stereocenters. The summed E-state index contributed by atoms with van der Waals surface area (Å²) in [6.07, 6.45) is 1.85. The maximum absolute atomic E-state index is 14.5. The van der Waals surface area contributed by atoms with E-state index in [1.54, 1.807) is 19.0 Å². The van der Waals surface area contributed by atoms with E-state index in [4.69, 9.17) is 9.26 Å². The predicted molar refractivity (Wildman–Crippen MR) is 132 cm³/mol. The molecule has 1 heterocycles. The number of aromatic nitrogens is 1. The molecule has 2 aromatic rings. The summed E-state index contributed by atoms with van der Waals surface area (Å²) < 4.78 is 26.0. The van der Waals surface area contributed by atoms with Gasteiger partial charge in [-0.15, -0.1) is 0 Å². The number of carboxylic acid groups (broad SMARTS) is 1. The van der Waals surface area contributed by atoms with Crippen LogP contribution in [0.25, 0.3) is 11.3 Å². The van der Waals surface area contributed by atoms with Crippen LogP contribution in [0.15, 0.2) is 22.7 Å². The van der Waals surface area contributed by atoms with Gasteiger partial charge in [0.05, 0.1) is 23.8 Å². The highest BCUT2D eigenvalue weighted by molar-refractivity contribution is 6.16. The van der Waals surface area contributed by atoms with Crippen molar-refractivity contribution in [2.75, 3.05) is 20.7 Å². The van der Waals surface area contributed by atoms with Crippen molar-refractivity contribution < 1.29 is 43.7 Å². The number of halogens is 1. The van der Waals surface area contributed by atoms with Gasteiger partial charge in [-0.25, -0.2) is 9.18 Å². The molecule has 5 rings (SSSR count). The van der Waals surface area contributed by atoms with E-state index >= 15 is 0 Å². The number of carbonyl (C=O) groups excluding carboxylic acids is 1. The van der Waals surface area contributed by atoms with Crippen LogP contribution in [0.3, 0.4) is 0 Å². The number of fused-ring (bicyclic) bond motifs is 4. The third-order valence-electron chi connectivity index (χ3n) is 7.97. The average Bonchev–Trinajstić information content (AvgIpc) is 3.24. The number of aliphatic hydroxyl groups excluding tert-OH is 1. The van der Waals surface area contributed by atoms with Crippen molar-refractivity contribution in [3.8, 4) is 11.6 Å². The number of carboxylic acids is 1. The van der Waals surface area contributed by atoms with E-state index in [1.807, 2.05) is 6.92 Å². The minimum Gasteiger partial charge on any atom is -0.507 e. The number of hydrogen-bond acceptors (Lipinski definition) is 9. The zero-order chi connectivity index (χ0) is 27.7. The van der Waals surface area contributed by atoms with Gasteiger partial charge >= 0.3 is 5.97 Å². The molecule has 4 N–H and O–H groups in total. The van der Waals surface area contributed by atoms with Crippen molar-refractivity contribution in [3.05, 3.63) is 52.0 Å². The highest BCUT2D eigenvalue weighted by atomic mass is 19.1. The number of phenols is 1. The molecule has 10 nitrogen and oxygen atoms in total. The van der Waals surface area contributed by atoms with Gasteiger partial charge in [0.1, 0.15) is 22.9 Å². The molecule has 202 valence electrons. The molecule has 0 saturated heterocycles. The number of aliphatic hydroxyl groups is 2. The molecule has 0 spiro atoms. The summed E-state index contributed by atoms with van der Waals surface area (Å²) in [7, 11) is 3.54. The zero-order valence-electron chi connectivity index (χ0n) is 21.2. The fourth-order valence-corrected chi connectivity index (χ4v) is 6.22. The first-order valence-electron chi connectivity index (χ1n) is 12.4. The lowest BCUT2D eigenvalue weighted by Gasteiger charge is -2.51. The molecule has 11 heteroatoms. The van der Waals surface area contributed by atoms with Gasteiger partial charge in [-0.05, 0) is 56.1 Å². The van der Waals surface area contributed by atoms with E-state index in [0.29, 0.717) is 17.9 Å². The molecule has 0 aliphatic heterocycles. The zero-order valence-corrected chi connectivity index (χ0v) is 21.2. The van der Waals surface area contributed by atoms with Gasteiger partial charge in [0.25, 0.3) is 5.88 Å². The number of aromatic hydroxyl groups is 1. The number of Topliss-reactive ketones (excluding diaryl/α,β-unsaturated/α-hetero) is 1. The number of hydrogen-bond donors (Lipinski definition) is 4. The summed E-state index contributed by atoms with van der Waals surface area (Å²) in [6.45, 7) is 6.39. The summed E-state index contributed by atoms with van der Waals surface area (Å²) in [6, 6.07) is 0.346. The predicted octanol–water partition coefficient (Wildman–Crippen LogP) is 3.49. The minimum absolute atomic E-state index is 0.0208. The highest BCUT2D eigenvalue weighted by Crippen LogP contribution is 2.59. The monoisotopic (exact) mass is 528 g/mol. The van der Waals surface area contributed by atoms with Crippen LogP contribution in [-0.4, -0.2) is 68.5 Å². The second-order valence-electron chi connectivity index (χ2n) is 10.3. The summed E-state index contributed by atoms with van der Waals surface area (Å²) in [4.78, 5) is 27.4. The van der Waals surface area contributed by atoms with Crippen LogP contribution in [0.5, 0.6) is 11.6 Å². The van der Waals surface area contributed by atoms with Crippen LogP contribution in [0.2, 0.25) is 0 Å². The summed E-state index contributed by atoms with van der Waals surface area (Å²) in [5.74, 6) is -6.25. The first kappa shape index (κ1) is 25.9. The van der Waals surface area contributed by atoms with Crippen molar-refractivity contribution in [2.45, 2.75) is 44.2 Å². The van der Waals surface area contributed by atoms with Gasteiger partial charge in [-0.1, -0.05) is 19.9 Å². The van der Waals surface area contributed by atoms with Crippen LogP contribution in [-0.2, 0) is 11.2 Å². The molecule has 0 amide bonds. The van der Waals surface area contributed by atoms with Crippen molar-refractivity contribution in [1.82, 2.24) is 10.1 Å². The molecule has 1 aromatic heterocycles. The van der Waals surface area contributed by atoms with Crippen molar-refractivity contribution >= 4 is 23.1 Å². The van der Waals surface area contributed by atoms with Crippen LogP contribution < -0.4 is 4.74 Å². The summed E-state index contributed by atoms with van der Waals surface area (Å²) in [5, 5.41) is 47.3. The summed E-state index contributed by atoms with van der Waals surface area (Å²) in [5.41, 5.74) is -3.21. The third kappa shape index (κ3) is 3.41. The quantitative estimate of drug-likeness (QED) is 0.410. The number of unbranched alkanes of at least 4 members (excludes halogenated alkanes) is 1. The molecular weight excluding hydrogens is 499 g/mol. The Morgan fingerprint density at radius 2 is 2.05 bits per heavy atom. The summed E-state index contributed by atoms with van der Waals surface area (Å²) >= 11 is 0. The molecule has 3 aliphatic rings. The fraction of sp³-hybridized carbons (Fsp3) is 0.444. The van der Waals surface area contributed by atoms with Crippen LogP contribution in [0, 0.1) is 17.7 Å². The minimum atomic E-state index is -2.18. The van der Waals surface area contributed by atoms with E-state index < -0.39 is 58.1 Å². The molecule has 0 bridgehead atoms. The molecule has 3 aliphatic carbocycles. The second kappa shape index (κ2) is 8.95. The van der Waals surface area contributed by atoms with Crippen molar-refractivity contribution in [1.29, 1.82) is 0 Å². The maximum Gasteiger partial charge on any atom is 0.342 e. The number of carbonyl (C=O) groups is 2. The maximum atomic E-state index is 14.5. The first-order chi connectivity index (χ1) is 17.9. The van der Waals surface area contributed by atoms with E-state index in [9.17, 15) is 34.4 Å². The Hall–Kier alpha value is -3.70. The number of ether oxygens (including phenoxy) is 1. The van der Waals surface area contributed by atoms with Crippen LogP contribution in [0.4, 0.5) is 4.39 Å². The molecular formula is C27H29FN2O8. The Bertz CT molecular complexity index is 1410. The van der Waals surface area contributed by atoms with Gasteiger partial charge in [0.2, 0.25) is 0 Å². The Labute approximate surface area is 217 Å². The van der Waals surface area contributed by atoms with Gasteiger partial charge in [-0.2, -0.15) is 0 Å². The lowest BCUT2D eigenvalue weighted by molar-refractivity contribution is -0.140. The van der Waals surface area contributed by atoms with Gasteiger partial charge in [-0.3, -0.25) is 9.69 Å². The molecule has 0 unspecified atom stereocenters. The lowest BCUT2D eigenvalue weighted by atomic mass is 9.56. The molecule has 1 fully saturated rings. The smallest absolute Gasteiger partial charge is 0.342 e. The lowest BCUT2D eigenvalue weighted by Crippen LogP contribution is -2.59. The van der Waals surface area contributed by atoms with Crippen molar-refractivity contribution in [2.24, 2.45) is 11.8 Å². The molecule has 38 heavy (non-hydrogen) atoms. The largest absolute Gasteiger partial charge is 0.507 e. The normalized spacial score (nSPS) is 26.1. The van der Waals surface area contributed by atoms with Crippen LogP contribution >= 0.6 is 0 Å². The first-order valence-corrected chi connectivity index (χ1v) is 12.4. The SMILES string of the molecule is C=C1c2c(OCCCC)noc2[C@@H](N(C)C)[C@@H]2C[C@@H]3Cc4cc(F)c(C(=O)O)c(O)c4C(O)=C3C(=O)[C@]12O. The van der Waals surface area contributed by atoms with Crippen LogP contribution in [0.1, 0.15) is 65.0 Å². The number of aromatic carboxylic acids is 1. The number of rotatable bonds is 6. The topological polar surface area (TPSA) is 154 Å². The number of ketones is 1. The Kier molecular flexibility index (Phi) is 6.11. The van der Waals surface area contributed by atoms with E-state index in [0.717, 1.165) is 18.9 Å². The van der Waals surface area contributed by atoms with Gasteiger partial charge < -0.3 is 29.7 Å². The van der Waals surface area contributed by atoms with Crippen molar-refractivity contribution in [3.63, 3.8) is 0 Å². The standard InChI is InChI=1S/C27H29FN2O8/c1-5-6-7-37-25-16-11(2)27(36)14(20(30(3)4)23(16)38-29-25)9-12-8-13-10-15(28)19(26(34)35)22(32)17(13)21(31)18(12)24(27)33/h10,12,14,20,31-32,36H,2,5-9H2,1,3-4H3,(H,34,35)/t12-,14-,20-,27-/m0/s1. The average molecular weight is 529 g/mol. The molecule has 1 saturated carbocycles. The molecule has 1 aromatic carbocycles. The second-order valence-corrected chi connectivity index (χ2v) is 10.3. The van der Waals surface area contributed by atoms with E-state index in [1.165, 1.54) is 0 Å². The number of nitrogens with zero attached hydrogens (tertiary/aromatic N) is 2. The van der Waals surface area contributed by atoms with E-state index in [2.05, 4.69) is 11.7 Å². The number of benzene rings is 1. The Balaban J connectivity index is 1.68. The Morgan fingerprint density at radius 3 is 2.68 bits per heavy atom. The van der Waals surface area contributed by atoms with Gasteiger partial charge in [0.15, 0.2) is 17.1 Å². The Morgan fingerprint density at radius 1 is 1.34 bits per heavy atom. The van der Waals surface area contributed by atoms with Gasteiger partial charge in [0, 0.05) is 17.1 Å². The third-order valence-corrected chi connectivity index (χ3v) is 7.97. The highest BCUT2D eigenvalue weighted by Gasteiger charge is 2.62. The van der Waals surface area contributed by atoms with E-state index in [-0.39, 0.29) is 41.0 Å².